The molecule has 2 aromatic rings. The lowest BCUT2D eigenvalue weighted by Gasteiger charge is -2.16. The smallest absolute Gasteiger partial charge is 0.342 e. The molecule has 0 spiro atoms. The van der Waals surface area contributed by atoms with Crippen LogP contribution in [0.2, 0.25) is 0 Å². The summed E-state index contributed by atoms with van der Waals surface area (Å²) < 4.78 is 21.4. The molecule has 1 aromatic heterocycles. The second-order valence-electron chi connectivity index (χ2n) is 5.12. The molecule has 0 amide bonds. The maximum Gasteiger partial charge on any atom is 0.342 e. The van der Waals surface area contributed by atoms with Crippen molar-refractivity contribution < 1.29 is 28.7 Å². The normalized spacial score (nSPS) is 12.8. The van der Waals surface area contributed by atoms with Gasteiger partial charge in [-0.15, -0.1) is 0 Å². The molecule has 0 aliphatic heterocycles. The number of nitro benzene ring substituents is 1. The molecule has 1 atom stereocenters. The van der Waals surface area contributed by atoms with Crippen LogP contribution in [-0.2, 0) is 11.1 Å². The van der Waals surface area contributed by atoms with Crippen LogP contribution in [0.3, 0.4) is 0 Å². The van der Waals surface area contributed by atoms with Gasteiger partial charge in [0, 0.05) is 24.2 Å². The molecule has 3 N–H and O–H groups in total. The van der Waals surface area contributed by atoms with Gasteiger partial charge in [0.2, 0.25) is 0 Å². The first-order chi connectivity index (χ1) is 11.7. The average molecular weight is 372 g/mol. The second kappa shape index (κ2) is 7.28. The summed E-state index contributed by atoms with van der Waals surface area (Å²) in [4.78, 5) is 37.2. The molecule has 11 nitrogen and oxygen atoms in total. The van der Waals surface area contributed by atoms with E-state index in [1.807, 2.05) is 0 Å². The van der Waals surface area contributed by atoms with Crippen molar-refractivity contribution in [2.45, 2.75) is 19.3 Å². The van der Waals surface area contributed by atoms with Gasteiger partial charge in [-0.3, -0.25) is 20.0 Å². The molecule has 0 bridgehead atoms. The maximum atomic E-state index is 11.2. The highest BCUT2D eigenvalue weighted by molar-refractivity contribution is 7.52. The third kappa shape index (κ3) is 4.20. The van der Waals surface area contributed by atoms with E-state index in [2.05, 4.69) is 15.3 Å². The van der Waals surface area contributed by atoms with E-state index in [1.54, 1.807) is 0 Å². The second-order valence-corrected chi connectivity index (χ2v) is 7.07. The van der Waals surface area contributed by atoms with Gasteiger partial charge in [-0.25, -0.2) is 9.97 Å². The van der Waals surface area contributed by atoms with Gasteiger partial charge in [0.15, 0.2) is 0 Å². The first-order valence-corrected chi connectivity index (χ1v) is 8.71. The van der Waals surface area contributed by atoms with Crippen LogP contribution >= 0.6 is 7.60 Å². The predicted octanol–water partition coefficient (Wildman–Crippen LogP) is 1.17. The Bertz CT molecular complexity index is 854. The largest absolute Gasteiger partial charge is 0.477 e. The van der Waals surface area contributed by atoms with E-state index in [-0.39, 0.29) is 29.5 Å². The molecule has 0 radical (unpaired) electrons. The van der Waals surface area contributed by atoms with Crippen molar-refractivity contribution in [1.29, 1.82) is 0 Å². The van der Waals surface area contributed by atoms with E-state index in [9.17, 15) is 14.7 Å². The van der Waals surface area contributed by atoms with Gasteiger partial charge >= 0.3 is 7.60 Å². The zero-order valence-electron chi connectivity index (χ0n) is 13.7. The number of aromatic nitrogens is 2. The minimum Gasteiger partial charge on any atom is -0.477 e. The summed E-state index contributed by atoms with van der Waals surface area (Å²) in [5.74, 6) is -0.971. The number of nitrogens with zero attached hydrogens (tertiary/aromatic N) is 3. The molecule has 12 heteroatoms. The molecule has 25 heavy (non-hydrogen) atoms. The third-order valence-electron chi connectivity index (χ3n) is 3.46. The molecule has 0 fully saturated rings. The Morgan fingerprint density at radius 1 is 1.28 bits per heavy atom. The topological polar surface area (TPSA) is 157 Å². The molecule has 0 saturated carbocycles. The van der Waals surface area contributed by atoms with Gasteiger partial charge in [-0.1, -0.05) is 0 Å². The fourth-order valence-electron chi connectivity index (χ4n) is 2.07. The molecule has 0 saturated heterocycles. The van der Waals surface area contributed by atoms with E-state index in [0.29, 0.717) is 11.1 Å². The molecule has 1 heterocycles. The van der Waals surface area contributed by atoms with E-state index >= 15 is 0 Å². The first kappa shape index (κ1) is 19.0. The van der Waals surface area contributed by atoms with Crippen LogP contribution in [0.1, 0.15) is 12.5 Å². The van der Waals surface area contributed by atoms with Crippen LogP contribution in [-0.4, -0.2) is 44.7 Å². The number of nitro groups is 1. The standard InChI is InChI=1S/C13H17N4O7P/c1-7(25(20,21)22)14-6-8-4-9(17(18)19)5-10-11(8)16-13(24-3)12(15-10)23-2/h4-5,7,14H,6H2,1-3H3,(H2,20,21,22)/t7-/m1/s1. The van der Waals surface area contributed by atoms with Crippen LogP contribution in [0, 0.1) is 10.1 Å². The van der Waals surface area contributed by atoms with E-state index in [4.69, 9.17) is 19.3 Å². The monoisotopic (exact) mass is 372 g/mol. The zero-order chi connectivity index (χ0) is 18.8. The summed E-state index contributed by atoms with van der Waals surface area (Å²) in [5.41, 5.74) is 0.619. The predicted molar refractivity (Wildman–Crippen MR) is 87.6 cm³/mol. The Hall–Kier alpha value is -2.33. The van der Waals surface area contributed by atoms with Gasteiger partial charge in [0.05, 0.1) is 24.7 Å². The first-order valence-electron chi connectivity index (χ1n) is 7.03. The summed E-state index contributed by atoms with van der Waals surface area (Å²) in [5, 5.41) is 13.8. The van der Waals surface area contributed by atoms with Gasteiger partial charge in [0.25, 0.3) is 17.4 Å². The van der Waals surface area contributed by atoms with E-state index in [1.165, 1.54) is 33.3 Å². The van der Waals surface area contributed by atoms with Crippen molar-refractivity contribution in [3.05, 3.63) is 27.8 Å². The molecule has 0 aliphatic carbocycles. The quantitative estimate of drug-likeness (QED) is 0.366. The Morgan fingerprint density at radius 3 is 2.40 bits per heavy atom. The van der Waals surface area contributed by atoms with Crippen molar-refractivity contribution >= 4 is 24.3 Å². The van der Waals surface area contributed by atoms with Crippen LogP contribution in [0.15, 0.2) is 12.1 Å². The molecule has 136 valence electrons. The van der Waals surface area contributed by atoms with Crippen molar-refractivity contribution in [2.75, 3.05) is 14.2 Å². The Labute approximate surface area is 142 Å². The van der Waals surface area contributed by atoms with Crippen LogP contribution < -0.4 is 14.8 Å². The van der Waals surface area contributed by atoms with Crippen molar-refractivity contribution in [3.8, 4) is 11.8 Å². The van der Waals surface area contributed by atoms with Crippen LogP contribution in [0.4, 0.5) is 5.69 Å². The molecule has 0 unspecified atom stereocenters. The Balaban J connectivity index is 2.55. The summed E-state index contributed by atoms with van der Waals surface area (Å²) in [6, 6.07) is 2.50. The molecule has 2 rings (SSSR count). The van der Waals surface area contributed by atoms with E-state index < -0.39 is 18.3 Å². The van der Waals surface area contributed by atoms with Gasteiger partial charge in [0.1, 0.15) is 11.3 Å². The summed E-state index contributed by atoms with van der Waals surface area (Å²) >= 11 is 0. The lowest BCUT2D eigenvalue weighted by Crippen LogP contribution is -2.25. The highest BCUT2D eigenvalue weighted by Crippen LogP contribution is 2.39. The SMILES string of the molecule is COc1nc2cc([N+](=O)[O-])cc(CN[C@@H](C)P(=O)(O)O)c2nc1OC. The summed E-state index contributed by atoms with van der Waals surface area (Å²) in [6.45, 7) is 1.25. The maximum absolute atomic E-state index is 11.2. The number of rotatable bonds is 7. The highest BCUT2D eigenvalue weighted by atomic mass is 31.2. The fourth-order valence-corrected chi connectivity index (χ4v) is 2.39. The summed E-state index contributed by atoms with van der Waals surface area (Å²) in [7, 11) is -1.61. The van der Waals surface area contributed by atoms with Crippen LogP contribution in [0.25, 0.3) is 11.0 Å². The average Bonchev–Trinajstić information content (AvgIpc) is 2.56. The third-order valence-corrected chi connectivity index (χ3v) is 4.65. The Morgan fingerprint density at radius 2 is 1.88 bits per heavy atom. The fraction of sp³-hybridized carbons (Fsp3) is 0.385. The zero-order valence-corrected chi connectivity index (χ0v) is 14.6. The number of ether oxygens (including phenoxy) is 2. The molecular weight excluding hydrogens is 355 g/mol. The van der Waals surface area contributed by atoms with Gasteiger partial charge in [-0.05, 0) is 6.92 Å². The molecular formula is C13H17N4O7P. The lowest BCUT2D eigenvalue weighted by atomic mass is 10.1. The minimum absolute atomic E-state index is 0.0609. The number of hydrogen-bond donors (Lipinski definition) is 3. The highest BCUT2D eigenvalue weighted by Gasteiger charge is 2.24. The van der Waals surface area contributed by atoms with E-state index in [0.717, 1.165) is 0 Å². The Kier molecular flexibility index (Phi) is 5.53. The number of benzene rings is 1. The van der Waals surface area contributed by atoms with Gasteiger partial charge in [-0.2, -0.15) is 0 Å². The number of methoxy groups -OCH3 is 2. The van der Waals surface area contributed by atoms with Crippen LogP contribution in [0.5, 0.6) is 11.8 Å². The molecule has 1 aromatic carbocycles. The minimum atomic E-state index is -4.34. The van der Waals surface area contributed by atoms with Crippen molar-refractivity contribution in [1.82, 2.24) is 15.3 Å². The number of non-ortho nitro benzene ring substituents is 1. The number of fused-ring (bicyclic) bond motifs is 1. The lowest BCUT2D eigenvalue weighted by molar-refractivity contribution is -0.384. The van der Waals surface area contributed by atoms with Crippen molar-refractivity contribution in [3.63, 3.8) is 0 Å². The summed E-state index contributed by atoms with van der Waals surface area (Å²) in [6.07, 6.45) is 0. The van der Waals surface area contributed by atoms with Crippen molar-refractivity contribution in [2.24, 2.45) is 0 Å². The number of hydrogen-bond acceptors (Lipinski definition) is 8. The van der Waals surface area contributed by atoms with Gasteiger partial charge < -0.3 is 19.3 Å². The molecule has 0 aliphatic rings. The number of nitrogens with one attached hydrogen (secondary N) is 1.